The summed E-state index contributed by atoms with van der Waals surface area (Å²) in [4.78, 5) is 13.5. The van der Waals surface area contributed by atoms with Crippen LogP contribution in [0.4, 0.5) is 0 Å². The van der Waals surface area contributed by atoms with E-state index in [1.807, 2.05) is 24.3 Å². The fourth-order valence-corrected chi connectivity index (χ4v) is 4.15. The molecule has 0 bridgehead atoms. The highest BCUT2D eigenvalue weighted by Gasteiger charge is 2.44. The first-order valence-corrected chi connectivity index (χ1v) is 9.21. The first-order valence-electron chi connectivity index (χ1n) is 7.28. The molecule has 0 unspecified atom stereocenters. The van der Waals surface area contributed by atoms with Crippen molar-refractivity contribution in [1.82, 2.24) is 5.32 Å². The summed E-state index contributed by atoms with van der Waals surface area (Å²) in [6.07, 6.45) is 2.35. The molecule has 1 heterocycles. The third-order valence-corrected chi connectivity index (χ3v) is 5.64. The van der Waals surface area contributed by atoms with Crippen molar-refractivity contribution < 1.29 is 4.79 Å². The second kappa shape index (κ2) is 6.24. The zero-order valence-electron chi connectivity index (χ0n) is 12.1. The smallest absolute Gasteiger partial charge is 0.252 e. The van der Waals surface area contributed by atoms with Crippen LogP contribution in [0.3, 0.4) is 0 Å². The van der Waals surface area contributed by atoms with Crippen LogP contribution in [0, 0.1) is 0 Å². The zero-order chi connectivity index (χ0) is 14.7. The Kier molecular flexibility index (Phi) is 4.36. The Bertz CT molecular complexity index is 617. The lowest BCUT2D eigenvalue weighted by Crippen LogP contribution is -2.32. The van der Waals surface area contributed by atoms with Crippen molar-refractivity contribution in [2.45, 2.75) is 30.1 Å². The number of rotatable bonds is 6. The Morgan fingerprint density at radius 3 is 2.81 bits per heavy atom. The van der Waals surface area contributed by atoms with Crippen molar-refractivity contribution in [3.8, 4) is 0 Å². The Hall–Kier alpha value is -1.26. The number of amides is 1. The summed E-state index contributed by atoms with van der Waals surface area (Å²) in [7, 11) is 0. The number of thioether (sulfide) groups is 1. The second-order valence-electron chi connectivity index (χ2n) is 5.40. The fraction of sp³-hybridized carbons (Fsp3) is 0.353. The number of hydrogen-bond acceptors (Lipinski definition) is 3. The molecule has 2 nitrogen and oxygen atoms in total. The molecule has 0 atom stereocenters. The Morgan fingerprint density at radius 2 is 2.14 bits per heavy atom. The highest BCUT2D eigenvalue weighted by atomic mass is 32.2. The summed E-state index contributed by atoms with van der Waals surface area (Å²) in [6, 6.07) is 10.0. The molecule has 1 aromatic carbocycles. The highest BCUT2D eigenvalue weighted by Crippen LogP contribution is 2.48. The number of thiophene rings is 1. The number of carbonyl (C=O) groups excluding carboxylic acids is 1. The van der Waals surface area contributed by atoms with Gasteiger partial charge in [-0.05, 0) is 53.1 Å². The SMILES string of the molecule is CCSc1ccccc1C(=O)NCC1(c2ccsc2)CC1. The van der Waals surface area contributed by atoms with Gasteiger partial charge in [0.05, 0.1) is 5.56 Å². The van der Waals surface area contributed by atoms with Crippen LogP contribution in [0.5, 0.6) is 0 Å². The van der Waals surface area contributed by atoms with Gasteiger partial charge in [-0.1, -0.05) is 19.1 Å². The van der Waals surface area contributed by atoms with Gasteiger partial charge in [-0.15, -0.1) is 11.8 Å². The summed E-state index contributed by atoms with van der Waals surface area (Å²) in [5.41, 5.74) is 2.37. The number of carbonyl (C=O) groups is 1. The molecule has 4 heteroatoms. The monoisotopic (exact) mass is 317 g/mol. The maximum Gasteiger partial charge on any atom is 0.252 e. The van der Waals surface area contributed by atoms with Crippen LogP contribution in [0.1, 0.15) is 35.7 Å². The molecule has 1 fully saturated rings. The van der Waals surface area contributed by atoms with E-state index in [0.717, 1.165) is 22.8 Å². The largest absolute Gasteiger partial charge is 0.351 e. The molecule has 1 aliphatic carbocycles. The molecule has 0 spiro atoms. The summed E-state index contributed by atoms with van der Waals surface area (Å²) in [5, 5.41) is 7.47. The van der Waals surface area contributed by atoms with Gasteiger partial charge in [0, 0.05) is 16.9 Å². The number of hydrogen-bond donors (Lipinski definition) is 1. The minimum absolute atomic E-state index is 0.0491. The molecular weight excluding hydrogens is 298 g/mol. The highest BCUT2D eigenvalue weighted by molar-refractivity contribution is 7.99. The van der Waals surface area contributed by atoms with Gasteiger partial charge in [-0.3, -0.25) is 4.79 Å². The lowest BCUT2D eigenvalue weighted by Gasteiger charge is -2.16. The van der Waals surface area contributed by atoms with Gasteiger partial charge in [0.25, 0.3) is 5.91 Å². The van der Waals surface area contributed by atoms with E-state index in [0.29, 0.717) is 0 Å². The summed E-state index contributed by atoms with van der Waals surface area (Å²) in [5.74, 6) is 1.02. The summed E-state index contributed by atoms with van der Waals surface area (Å²) in [6.45, 7) is 2.85. The molecule has 0 saturated heterocycles. The van der Waals surface area contributed by atoms with Crippen LogP contribution in [0.2, 0.25) is 0 Å². The Labute approximate surface area is 134 Å². The van der Waals surface area contributed by atoms with Gasteiger partial charge >= 0.3 is 0 Å². The number of benzene rings is 1. The average molecular weight is 317 g/mol. The molecule has 110 valence electrons. The normalized spacial score (nSPS) is 15.7. The topological polar surface area (TPSA) is 29.1 Å². The predicted octanol–water partition coefficient (Wildman–Crippen LogP) is 4.32. The Morgan fingerprint density at radius 1 is 1.33 bits per heavy atom. The second-order valence-corrected chi connectivity index (χ2v) is 7.49. The summed E-state index contributed by atoms with van der Waals surface area (Å²) >= 11 is 3.45. The molecule has 1 N–H and O–H groups in total. The summed E-state index contributed by atoms with van der Waals surface area (Å²) < 4.78 is 0. The molecule has 3 rings (SSSR count). The van der Waals surface area contributed by atoms with E-state index in [9.17, 15) is 4.79 Å². The number of nitrogens with one attached hydrogen (secondary N) is 1. The van der Waals surface area contributed by atoms with Crippen molar-refractivity contribution in [2.24, 2.45) is 0 Å². The lowest BCUT2D eigenvalue weighted by molar-refractivity contribution is 0.0947. The predicted molar refractivity (Wildman–Crippen MR) is 90.4 cm³/mol. The molecular formula is C17H19NOS2. The standard InChI is InChI=1S/C17H19NOS2/c1-2-21-15-6-4-3-5-14(15)16(19)18-12-17(8-9-17)13-7-10-20-11-13/h3-7,10-11H,2,8-9,12H2,1H3,(H,18,19). The first kappa shape index (κ1) is 14.7. The lowest BCUT2D eigenvalue weighted by atomic mass is 9.99. The fourth-order valence-electron chi connectivity index (χ4n) is 2.56. The van der Waals surface area contributed by atoms with Gasteiger partial charge in [-0.25, -0.2) is 0 Å². The molecule has 1 aromatic heterocycles. The minimum atomic E-state index is 0.0491. The van der Waals surface area contributed by atoms with Gasteiger partial charge in [-0.2, -0.15) is 11.3 Å². The average Bonchev–Trinajstić information content (AvgIpc) is 3.09. The maximum atomic E-state index is 12.5. The molecule has 21 heavy (non-hydrogen) atoms. The van der Waals surface area contributed by atoms with E-state index in [1.165, 1.54) is 18.4 Å². The zero-order valence-corrected chi connectivity index (χ0v) is 13.7. The molecule has 1 saturated carbocycles. The van der Waals surface area contributed by atoms with Gasteiger partial charge in [0.15, 0.2) is 0 Å². The minimum Gasteiger partial charge on any atom is -0.351 e. The van der Waals surface area contributed by atoms with E-state index in [-0.39, 0.29) is 11.3 Å². The quantitative estimate of drug-likeness (QED) is 0.804. The van der Waals surface area contributed by atoms with Crippen molar-refractivity contribution in [1.29, 1.82) is 0 Å². The van der Waals surface area contributed by atoms with Crippen LogP contribution in [0.25, 0.3) is 0 Å². The first-order chi connectivity index (χ1) is 10.2. The van der Waals surface area contributed by atoms with E-state index >= 15 is 0 Å². The van der Waals surface area contributed by atoms with Crippen LogP contribution in [0.15, 0.2) is 46.0 Å². The molecule has 2 aromatic rings. The third-order valence-electron chi connectivity index (χ3n) is 4.01. The van der Waals surface area contributed by atoms with E-state index < -0.39 is 0 Å². The van der Waals surface area contributed by atoms with E-state index in [4.69, 9.17) is 0 Å². The van der Waals surface area contributed by atoms with Crippen LogP contribution in [-0.2, 0) is 5.41 Å². The van der Waals surface area contributed by atoms with Crippen LogP contribution in [-0.4, -0.2) is 18.2 Å². The Balaban J connectivity index is 1.68. The van der Waals surface area contributed by atoms with Crippen molar-refractivity contribution in [3.63, 3.8) is 0 Å². The van der Waals surface area contributed by atoms with Crippen LogP contribution < -0.4 is 5.32 Å². The molecule has 0 radical (unpaired) electrons. The van der Waals surface area contributed by atoms with Crippen molar-refractivity contribution >= 4 is 29.0 Å². The van der Waals surface area contributed by atoms with E-state index in [1.54, 1.807) is 23.1 Å². The van der Waals surface area contributed by atoms with Crippen molar-refractivity contribution in [3.05, 3.63) is 52.2 Å². The molecule has 0 aliphatic heterocycles. The van der Waals surface area contributed by atoms with E-state index in [2.05, 4.69) is 29.1 Å². The van der Waals surface area contributed by atoms with Gasteiger partial charge in [0.2, 0.25) is 0 Å². The van der Waals surface area contributed by atoms with Crippen LogP contribution >= 0.6 is 23.1 Å². The molecule has 1 amide bonds. The van der Waals surface area contributed by atoms with Gasteiger partial charge < -0.3 is 5.32 Å². The molecule has 1 aliphatic rings. The van der Waals surface area contributed by atoms with Gasteiger partial charge in [0.1, 0.15) is 0 Å². The maximum absolute atomic E-state index is 12.5. The van der Waals surface area contributed by atoms with Crippen molar-refractivity contribution in [2.75, 3.05) is 12.3 Å². The third kappa shape index (κ3) is 3.16.